The van der Waals surface area contributed by atoms with E-state index in [4.69, 9.17) is 4.74 Å². The Morgan fingerprint density at radius 3 is 2.44 bits per heavy atom. The molecule has 4 heteroatoms. The topological polar surface area (TPSA) is 32.8 Å². The Morgan fingerprint density at radius 1 is 1.04 bits per heavy atom. The van der Waals surface area contributed by atoms with Gasteiger partial charge in [0, 0.05) is 38.3 Å². The summed E-state index contributed by atoms with van der Waals surface area (Å²) in [5.41, 5.74) is 2.55. The van der Waals surface area contributed by atoms with Crippen LogP contribution in [0.15, 0.2) is 24.3 Å². The molecule has 4 rings (SSSR count). The third-order valence-corrected chi connectivity index (χ3v) is 6.91. The summed E-state index contributed by atoms with van der Waals surface area (Å²) in [6.07, 6.45) is 9.13. The number of carbonyl (C=O) groups is 1. The van der Waals surface area contributed by atoms with Gasteiger partial charge in [-0.25, -0.2) is 0 Å². The van der Waals surface area contributed by atoms with Crippen molar-refractivity contribution >= 4 is 11.7 Å². The molecule has 0 bridgehead atoms. The van der Waals surface area contributed by atoms with Crippen LogP contribution in [0, 0.1) is 12.3 Å². The molecule has 4 nitrogen and oxygen atoms in total. The van der Waals surface area contributed by atoms with E-state index in [9.17, 15) is 4.79 Å². The van der Waals surface area contributed by atoms with Crippen LogP contribution >= 0.6 is 0 Å². The van der Waals surface area contributed by atoms with Gasteiger partial charge in [-0.3, -0.25) is 9.69 Å². The van der Waals surface area contributed by atoms with Crippen LogP contribution in [0.25, 0.3) is 0 Å². The second-order valence-electron chi connectivity index (χ2n) is 8.88. The third-order valence-electron chi connectivity index (χ3n) is 6.91. The largest absolute Gasteiger partial charge is 0.462 e. The lowest BCUT2D eigenvalue weighted by molar-refractivity contribution is -0.150. The maximum Gasteiger partial charge on any atom is 0.312 e. The molecule has 0 amide bonds. The molecule has 1 spiro atoms. The number of esters is 1. The van der Waals surface area contributed by atoms with Crippen molar-refractivity contribution < 1.29 is 9.53 Å². The van der Waals surface area contributed by atoms with Gasteiger partial charge in [-0.05, 0) is 51.3 Å². The average molecular weight is 371 g/mol. The monoisotopic (exact) mass is 370 g/mol. The Bertz CT molecular complexity index is 628. The van der Waals surface area contributed by atoms with Gasteiger partial charge in [0.05, 0.1) is 5.41 Å². The molecular weight excluding hydrogens is 336 g/mol. The Morgan fingerprint density at radius 2 is 1.74 bits per heavy atom. The van der Waals surface area contributed by atoms with E-state index < -0.39 is 0 Å². The molecule has 2 aliphatic heterocycles. The maximum atomic E-state index is 12.4. The normalized spacial score (nSPS) is 25.7. The van der Waals surface area contributed by atoms with E-state index in [0.717, 1.165) is 64.8 Å². The quantitative estimate of drug-likeness (QED) is 0.729. The predicted octanol–water partition coefficient (Wildman–Crippen LogP) is 4.16. The van der Waals surface area contributed by atoms with Gasteiger partial charge in [-0.2, -0.15) is 0 Å². The van der Waals surface area contributed by atoms with Crippen LogP contribution in [0.1, 0.15) is 56.9 Å². The molecule has 27 heavy (non-hydrogen) atoms. The number of ether oxygens (including phenoxy) is 1. The van der Waals surface area contributed by atoms with E-state index in [0.29, 0.717) is 0 Å². The van der Waals surface area contributed by atoms with Crippen molar-refractivity contribution in [1.82, 2.24) is 4.90 Å². The van der Waals surface area contributed by atoms with Crippen molar-refractivity contribution in [3.05, 3.63) is 29.8 Å². The highest BCUT2D eigenvalue weighted by atomic mass is 16.6. The van der Waals surface area contributed by atoms with Crippen LogP contribution in [0.2, 0.25) is 0 Å². The summed E-state index contributed by atoms with van der Waals surface area (Å²) in [6.45, 7) is 7.72. The highest BCUT2D eigenvalue weighted by Crippen LogP contribution is 2.46. The number of rotatable bonds is 5. The SMILES string of the molecule is Cc1ccc(N2CCN(CCC[C@@H]3CC4(CCCCC4)C(=O)O3)CC2)cc1. The minimum Gasteiger partial charge on any atom is -0.462 e. The number of hydrogen-bond acceptors (Lipinski definition) is 4. The van der Waals surface area contributed by atoms with E-state index in [2.05, 4.69) is 41.0 Å². The lowest BCUT2D eigenvalue weighted by atomic mass is 9.72. The lowest BCUT2D eigenvalue weighted by Gasteiger charge is -2.36. The van der Waals surface area contributed by atoms with Gasteiger partial charge < -0.3 is 9.64 Å². The first kappa shape index (κ1) is 18.8. The van der Waals surface area contributed by atoms with Gasteiger partial charge >= 0.3 is 5.97 Å². The van der Waals surface area contributed by atoms with E-state index >= 15 is 0 Å². The smallest absolute Gasteiger partial charge is 0.312 e. The van der Waals surface area contributed by atoms with Crippen LogP contribution in [0.3, 0.4) is 0 Å². The fourth-order valence-corrected chi connectivity index (χ4v) is 5.16. The molecule has 0 radical (unpaired) electrons. The van der Waals surface area contributed by atoms with Gasteiger partial charge in [0.15, 0.2) is 0 Å². The summed E-state index contributed by atoms with van der Waals surface area (Å²) in [7, 11) is 0. The molecule has 1 aromatic carbocycles. The second kappa shape index (κ2) is 8.22. The fourth-order valence-electron chi connectivity index (χ4n) is 5.16. The number of hydrogen-bond donors (Lipinski definition) is 0. The van der Waals surface area contributed by atoms with Crippen molar-refractivity contribution in [2.45, 2.75) is 64.4 Å². The highest BCUT2D eigenvalue weighted by molar-refractivity contribution is 5.79. The van der Waals surface area contributed by atoms with Crippen molar-refractivity contribution in [2.75, 3.05) is 37.6 Å². The number of aryl methyl sites for hydroxylation is 1. The van der Waals surface area contributed by atoms with E-state index in [1.165, 1.54) is 30.5 Å². The zero-order chi connectivity index (χ0) is 18.7. The second-order valence-corrected chi connectivity index (χ2v) is 8.88. The minimum absolute atomic E-state index is 0.109. The number of carbonyl (C=O) groups excluding carboxylic acids is 1. The van der Waals surface area contributed by atoms with E-state index in [1.54, 1.807) is 0 Å². The fraction of sp³-hybridized carbons (Fsp3) is 0.696. The predicted molar refractivity (Wildman–Crippen MR) is 109 cm³/mol. The van der Waals surface area contributed by atoms with Gasteiger partial charge in [0.1, 0.15) is 6.10 Å². The summed E-state index contributed by atoms with van der Waals surface area (Å²) >= 11 is 0. The molecule has 0 N–H and O–H groups in total. The maximum absolute atomic E-state index is 12.4. The Labute approximate surface area is 163 Å². The number of cyclic esters (lactones) is 1. The number of anilines is 1. The molecule has 0 unspecified atom stereocenters. The summed E-state index contributed by atoms with van der Waals surface area (Å²) in [6, 6.07) is 8.87. The van der Waals surface area contributed by atoms with Gasteiger partial charge in [-0.15, -0.1) is 0 Å². The molecular formula is C23H34N2O2. The van der Waals surface area contributed by atoms with Crippen molar-refractivity contribution in [1.29, 1.82) is 0 Å². The highest BCUT2D eigenvalue weighted by Gasteiger charge is 2.48. The van der Waals surface area contributed by atoms with E-state index in [1.807, 2.05) is 0 Å². The Hall–Kier alpha value is -1.55. The Kier molecular flexibility index (Phi) is 5.72. The third kappa shape index (κ3) is 4.31. The molecule has 2 heterocycles. The zero-order valence-corrected chi connectivity index (χ0v) is 16.8. The molecule has 3 fully saturated rings. The first-order valence-electron chi connectivity index (χ1n) is 10.9. The van der Waals surface area contributed by atoms with Crippen molar-refractivity contribution in [3.63, 3.8) is 0 Å². The standard InChI is InChI=1S/C23H34N2O2/c1-19-7-9-20(10-8-19)25-16-14-24(15-17-25)13-5-6-21-18-23(22(26)27-21)11-3-2-4-12-23/h7-10,21H,2-6,11-18H2,1H3/t21-/m1/s1. The summed E-state index contributed by atoms with van der Waals surface area (Å²) < 4.78 is 5.76. The number of benzene rings is 1. The van der Waals surface area contributed by atoms with Crippen LogP contribution in [0.4, 0.5) is 5.69 Å². The summed E-state index contributed by atoms with van der Waals surface area (Å²) in [5.74, 6) is 0.110. The van der Waals surface area contributed by atoms with Crippen LogP contribution < -0.4 is 4.90 Å². The van der Waals surface area contributed by atoms with Crippen molar-refractivity contribution in [3.8, 4) is 0 Å². The van der Waals surface area contributed by atoms with Crippen LogP contribution in [0.5, 0.6) is 0 Å². The van der Waals surface area contributed by atoms with Crippen molar-refractivity contribution in [2.24, 2.45) is 5.41 Å². The summed E-state index contributed by atoms with van der Waals surface area (Å²) in [5, 5.41) is 0. The molecule has 1 aromatic rings. The molecule has 2 saturated heterocycles. The average Bonchev–Trinajstić information content (AvgIpc) is 2.98. The first-order valence-corrected chi connectivity index (χ1v) is 10.9. The van der Waals surface area contributed by atoms with Crippen LogP contribution in [-0.4, -0.2) is 49.7 Å². The number of nitrogens with zero attached hydrogens (tertiary/aromatic N) is 2. The van der Waals surface area contributed by atoms with E-state index in [-0.39, 0.29) is 17.5 Å². The minimum atomic E-state index is -0.109. The number of piperazine rings is 1. The van der Waals surface area contributed by atoms with Crippen LogP contribution in [-0.2, 0) is 9.53 Å². The molecule has 1 saturated carbocycles. The van der Waals surface area contributed by atoms with Gasteiger partial charge in [0.2, 0.25) is 0 Å². The molecule has 1 aliphatic carbocycles. The van der Waals surface area contributed by atoms with Gasteiger partial charge in [0.25, 0.3) is 0 Å². The first-order chi connectivity index (χ1) is 13.1. The molecule has 3 aliphatic rings. The zero-order valence-electron chi connectivity index (χ0n) is 16.8. The summed E-state index contributed by atoms with van der Waals surface area (Å²) in [4.78, 5) is 17.4. The van der Waals surface area contributed by atoms with Gasteiger partial charge in [-0.1, -0.05) is 37.0 Å². The molecule has 0 aromatic heterocycles. The molecule has 148 valence electrons. The lowest BCUT2D eigenvalue weighted by Crippen LogP contribution is -2.46. The molecule has 1 atom stereocenters. The Balaban J connectivity index is 1.18.